The molecule has 0 aromatic heterocycles. The van der Waals surface area contributed by atoms with Gasteiger partial charge in [-0.25, -0.2) is 4.79 Å². The van der Waals surface area contributed by atoms with Crippen molar-refractivity contribution in [3.8, 4) is 6.07 Å². The van der Waals surface area contributed by atoms with Crippen LogP contribution in [0.1, 0.15) is 24.8 Å². The summed E-state index contributed by atoms with van der Waals surface area (Å²) in [7, 11) is 0. The second-order valence-electron chi connectivity index (χ2n) is 4.90. The topological polar surface area (TPSA) is 76.4 Å². The summed E-state index contributed by atoms with van der Waals surface area (Å²) in [6, 6.07) is 10.6. The fourth-order valence-electron chi connectivity index (χ4n) is 2.69. The summed E-state index contributed by atoms with van der Waals surface area (Å²) in [4.78, 5) is 13.5. The van der Waals surface area contributed by atoms with Gasteiger partial charge in [0.2, 0.25) is 0 Å². The molecule has 0 unspecified atom stereocenters. The van der Waals surface area contributed by atoms with Gasteiger partial charge in [-0.1, -0.05) is 37.3 Å². The molecular formula is C15H19N3O2. The minimum absolute atomic E-state index is 0.126. The summed E-state index contributed by atoms with van der Waals surface area (Å²) in [5.74, 6) is -0.126. The molecule has 20 heavy (non-hydrogen) atoms. The summed E-state index contributed by atoms with van der Waals surface area (Å²) in [6.07, 6.45) is 0.836. The summed E-state index contributed by atoms with van der Waals surface area (Å²) in [5.41, 5.74) is 0.984. The van der Waals surface area contributed by atoms with E-state index in [0.29, 0.717) is 6.54 Å². The van der Waals surface area contributed by atoms with Crippen LogP contribution in [-0.2, 0) is 0 Å². The van der Waals surface area contributed by atoms with Gasteiger partial charge < -0.3 is 15.3 Å². The molecule has 0 saturated carbocycles. The summed E-state index contributed by atoms with van der Waals surface area (Å²) < 4.78 is 0. The Hall–Kier alpha value is -2.06. The molecule has 1 aliphatic rings. The number of carbonyl (C=O) groups excluding carboxylic acids is 1. The van der Waals surface area contributed by atoms with Crippen LogP contribution in [0.3, 0.4) is 0 Å². The van der Waals surface area contributed by atoms with Crippen LogP contribution in [0, 0.1) is 11.3 Å². The van der Waals surface area contributed by atoms with Crippen molar-refractivity contribution < 1.29 is 9.90 Å². The van der Waals surface area contributed by atoms with Gasteiger partial charge in [0.05, 0.1) is 18.7 Å². The Bertz CT molecular complexity index is 498. The average Bonchev–Trinajstić information content (AvgIpc) is 2.46. The van der Waals surface area contributed by atoms with Crippen molar-refractivity contribution in [1.82, 2.24) is 10.2 Å². The van der Waals surface area contributed by atoms with E-state index in [1.165, 1.54) is 4.90 Å². The number of hydrogen-bond donors (Lipinski definition) is 2. The number of carbonyl (C=O) groups is 1. The molecule has 5 heteroatoms. The Labute approximate surface area is 118 Å². The first-order valence-corrected chi connectivity index (χ1v) is 6.86. The van der Waals surface area contributed by atoms with E-state index in [1.807, 2.05) is 37.3 Å². The average molecular weight is 273 g/mol. The van der Waals surface area contributed by atoms with Crippen molar-refractivity contribution in [2.24, 2.45) is 0 Å². The van der Waals surface area contributed by atoms with Crippen molar-refractivity contribution in [1.29, 1.82) is 5.26 Å². The lowest BCUT2D eigenvalue weighted by atomic mass is 9.76. The lowest BCUT2D eigenvalue weighted by molar-refractivity contribution is 0.0169. The Morgan fingerprint density at radius 1 is 1.45 bits per heavy atom. The maximum absolute atomic E-state index is 12.1. The van der Waals surface area contributed by atoms with Crippen molar-refractivity contribution >= 4 is 6.03 Å². The number of rotatable bonds is 4. The van der Waals surface area contributed by atoms with Crippen LogP contribution in [0.15, 0.2) is 30.3 Å². The molecule has 0 aliphatic carbocycles. The highest BCUT2D eigenvalue weighted by Crippen LogP contribution is 2.40. The number of nitrogens with zero attached hydrogens (tertiary/aromatic N) is 2. The smallest absolute Gasteiger partial charge is 0.318 e. The molecule has 5 nitrogen and oxygen atoms in total. The molecule has 1 heterocycles. The number of benzene rings is 1. The van der Waals surface area contributed by atoms with E-state index in [9.17, 15) is 15.2 Å². The lowest BCUT2D eigenvalue weighted by Gasteiger charge is -2.51. The van der Waals surface area contributed by atoms with Gasteiger partial charge in [0, 0.05) is 12.5 Å². The molecule has 1 aromatic carbocycles. The predicted molar refractivity (Wildman–Crippen MR) is 75.0 cm³/mol. The van der Waals surface area contributed by atoms with Crippen LogP contribution in [0.25, 0.3) is 0 Å². The fraction of sp³-hybridized carbons (Fsp3) is 0.467. The van der Waals surface area contributed by atoms with Crippen LogP contribution < -0.4 is 5.32 Å². The highest BCUT2D eigenvalue weighted by atomic mass is 16.3. The zero-order valence-corrected chi connectivity index (χ0v) is 11.5. The van der Waals surface area contributed by atoms with Crippen LogP contribution >= 0.6 is 0 Å². The number of amides is 2. The first kappa shape index (κ1) is 14.4. The normalized spacial score (nSPS) is 24.6. The van der Waals surface area contributed by atoms with Gasteiger partial charge in [0.15, 0.2) is 0 Å². The number of likely N-dealkylation sites (tertiary alicyclic amines) is 1. The second kappa shape index (κ2) is 6.40. The molecule has 1 fully saturated rings. The maximum atomic E-state index is 12.1. The van der Waals surface area contributed by atoms with Gasteiger partial charge in [-0.15, -0.1) is 0 Å². The van der Waals surface area contributed by atoms with E-state index >= 15 is 0 Å². The number of aliphatic hydroxyl groups is 1. The SMILES string of the molecule is CCCNC(=O)N1[C@H](CO)[C@H](c2ccccc2)[C@@H]1C#N. The van der Waals surface area contributed by atoms with Crippen LogP contribution in [0.5, 0.6) is 0 Å². The second-order valence-corrected chi connectivity index (χ2v) is 4.90. The van der Waals surface area contributed by atoms with Crippen molar-refractivity contribution in [2.75, 3.05) is 13.2 Å². The quantitative estimate of drug-likeness (QED) is 0.872. The van der Waals surface area contributed by atoms with E-state index < -0.39 is 6.04 Å². The third-order valence-corrected chi connectivity index (χ3v) is 3.68. The summed E-state index contributed by atoms with van der Waals surface area (Å²) in [6.45, 7) is 2.40. The van der Waals surface area contributed by atoms with E-state index in [0.717, 1.165) is 12.0 Å². The molecular weight excluding hydrogens is 254 g/mol. The number of aliphatic hydroxyl groups excluding tert-OH is 1. The van der Waals surface area contributed by atoms with Crippen LogP contribution in [0.4, 0.5) is 4.79 Å². The summed E-state index contributed by atoms with van der Waals surface area (Å²) >= 11 is 0. The van der Waals surface area contributed by atoms with Gasteiger partial charge >= 0.3 is 6.03 Å². The van der Waals surface area contributed by atoms with Crippen molar-refractivity contribution in [2.45, 2.75) is 31.3 Å². The standard InChI is InChI=1S/C15H19N3O2/c1-2-8-17-15(20)18-12(9-16)14(13(18)10-19)11-6-4-3-5-7-11/h3-7,12-14,19H,2,8,10H2,1H3,(H,17,20)/t12-,13+,14+/m0/s1. The Morgan fingerprint density at radius 2 is 2.15 bits per heavy atom. The van der Waals surface area contributed by atoms with E-state index in [4.69, 9.17) is 0 Å². The largest absolute Gasteiger partial charge is 0.394 e. The van der Waals surface area contributed by atoms with Crippen molar-refractivity contribution in [3.63, 3.8) is 0 Å². The van der Waals surface area contributed by atoms with Gasteiger partial charge in [0.25, 0.3) is 0 Å². The third kappa shape index (κ3) is 2.47. The van der Waals surface area contributed by atoms with Gasteiger partial charge in [0.1, 0.15) is 6.04 Å². The van der Waals surface area contributed by atoms with Crippen molar-refractivity contribution in [3.05, 3.63) is 35.9 Å². The lowest BCUT2D eigenvalue weighted by Crippen LogP contribution is -2.67. The minimum Gasteiger partial charge on any atom is -0.394 e. The van der Waals surface area contributed by atoms with E-state index in [1.54, 1.807) is 0 Å². The number of urea groups is 1. The van der Waals surface area contributed by atoms with Gasteiger partial charge in [-0.2, -0.15) is 5.26 Å². The molecule has 3 atom stereocenters. The molecule has 1 aromatic rings. The zero-order chi connectivity index (χ0) is 14.5. The maximum Gasteiger partial charge on any atom is 0.318 e. The Morgan fingerprint density at radius 3 is 2.70 bits per heavy atom. The highest BCUT2D eigenvalue weighted by molar-refractivity contribution is 5.77. The van der Waals surface area contributed by atoms with Gasteiger partial charge in [-0.3, -0.25) is 0 Å². The van der Waals surface area contributed by atoms with Crippen LogP contribution in [0.2, 0.25) is 0 Å². The molecule has 0 bridgehead atoms. The minimum atomic E-state index is -0.522. The molecule has 1 aliphatic heterocycles. The number of nitrogens with one attached hydrogen (secondary N) is 1. The fourth-order valence-corrected chi connectivity index (χ4v) is 2.69. The molecule has 2 amide bonds. The number of nitriles is 1. The predicted octanol–water partition coefficient (Wildman–Crippen LogP) is 1.46. The Kier molecular flexibility index (Phi) is 4.59. The number of hydrogen-bond acceptors (Lipinski definition) is 3. The molecule has 1 saturated heterocycles. The molecule has 2 rings (SSSR count). The highest BCUT2D eigenvalue weighted by Gasteiger charge is 2.51. The van der Waals surface area contributed by atoms with E-state index in [2.05, 4.69) is 11.4 Å². The van der Waals surface area contributed by atoms with Crippen LogP contribution in [-0.4, -0.2) is 41.3 Å². The monoisotopic (exact) mass is 273 g/mol. The molecule has 2 N–H and O–H groups in total. The third-order valence-electron chi connectivity index (χ3n) is 3.68. The first-order valence-electron chi connectivity index (χ1n) is 6.86. The summed E-state index contributed by atoms with van der Waals surface area (Å²) in [5, 5.41) is 21.6. The van der Waals surface area contributed by atoms with E-state index in [-0.39, 0.29) is 24.6 Å². The molecule has 106 valence electrons. The molecule has 0 radical (unpaired) electrons. The molecule has 0 spiro atoms. The Balaban J connectivity index is 2.17. The van der Waals surface area contributed by atoms with Gasteiger partial charge in [-0.05, 0) is 12.0 Å². The first-order chi connectivity index (χ1) is 9.74. The zero-order valence-electron chi connectivity index (χ0n) is 11.5.